The molecule has 0 atom stereocenters. The molecule has 0 aliphatic carbocycles. The van der Waals surface area contributed by atoms with Gasteiger partial charge in [0.2, 0.25) is 0 Å². The van der Waals surface area contributed by atoms with E-state index in [2.05, 4.69) is 21.2 Å². The van der Waals surface area contributed by atoms with Crippen LogP contribution in [0.2, 0.25) is 5.02 Å². The van der Waals surface area contributed by atoms with Gasteiger partial charge in [0.05, 0.1) is 13.2 Å². The summed E-state index contributed by atoms with van der Waals surface area (Å²) in [5.41, 5.74) is 1.89. The van der Waals surface area contributed by atoms with Crippen molar-refractivity contribution in [1.29, 1.82) is 0 Å². The van der Waals surface area contributed by atoms with Crippen LogP contribution in [-0.4, -0.2) is 24.2 Å². The monoisotopic (exact) mass is 427 g/mol. The van der Waals surface area contributed by atoms with Crippen LogP contribution in [0.15, 0.2) is 40.9 Å². The van der Waals surface area contributed by atoms with Gasteiger partial charge in [-0.3, -0.25) is 4.79 Å². The second-order valence-corrected chi connectivity index (χ2v) is 6.53. The van der Waals surface area contributed by atoms with E-state index < -0.39 is 5.97 Å². The van der Waals surface area contributed by atoms with Crippen LogP contribution < -0.4 is 14.8 Å². The van der Waals surface area contributed by atoms with Crippen molar-refractivity contribution in [3.63, 3.8) is 0 Å². The van der Waals surface area contributed by atoms with Crippen LogP contribution in [0, 0.1) is 0 Å². The summed E-state index contributed by atoms with van der Waals surface area (Å²) in [5.74, 6) is 0.335. The quantitative estimate of drug-likeness (QED) is 0.625. The number of carboxylic acid groups (broad SMARTS) is 1. The molecule has 134 valence electrons. The highest BCUT2D eigenvalue weighted by Gasteiger charge is 2.11. The Balaban J connectivity index is 2.11. The van der Waals surface area contributed by atoms with Crippen molar-refractivity contribution < 1.29 is 19.4 Å². The lowest BCUT2D eigenvalue weighted by molar-refractivity contribution is -0.135. The van der Waals surface area contributed by atoms with Gasteiger partial charge in [-0.15, -0.1) is 0 Å². The third kappa shape index (κ3) is 6.23. The highest BCUT2D eigenvalue weighted by molar-refractivity contribution is 9.10. The topological polar surface area (TPSA) is 67.8 Å². The van der Waals surface area contributed by atoms with Crippen molar-refractivity contribution in [3.05, 3.63) is 57.0 Å². The average Bonchev–Trinajstić information content (AvgIpc) is 2.57. The Kier molecular flexibility index (Phi) is 7.55. The fourth-order valence-corrected chi connectivity index (χ4v) is 2.73. The molecule has 0 unspecified atom stereocenters. The van der Waals surface area contributed by atoms with E-state index in [-0.39, 0.29) is 6.54 Å². The smallest absolute Gasteiger partial charge is 0.317 e. The molecule has 0 saturated heterocycles. The highest BCUT2D eigenvalue weighted by Crippen LogP contribution is 2.34. The van der Waals surface area contributed by atoms with Gasteiger partial charge in [-0.2, -0.15) is 0 Å². The molecule has 0 amide bonds. The third-order valence-electron chi connectivity index (χ3n) is 3.31. The normalized spacial score (nSPS) is 10.5. The van der Waals surface area contributed by atoms with E-state index in [4.69, 9.17) is 26.2 Å². The van der Waals surface area contributed by atoms with E-state index >= 15 is 0 Å². The summed E-state index contributed by atoms with van der Waals surface area (Å²) in [7, 11) is 0. The van der Waals surface area contributed by atoms with Crippen LogP contribution in [0.25, 0.3) is 0 Å². The summed E-state index contributed by atoms with van der Waals surface area (Å²) in [6.07, 6.45) is 0. The van der Waals surface area contributed by atoms with Gasteiger partial charge in [0.1, 0.15) is 6.61 Å². The predicted octanol–water partition coefficient (Wildman–Crippen LogP) is 4.25. The summed E-state index contributed by atoms with van der Waals surface area (Å²) in [4.78, 5) is 10.6. The van der Waals surface area contributed by atoms with Gasteiger partial charge in [-0.1, -0.05) is 39.7 Å². The number of hydrogen-bond acceptors (Lipinski definition) is 4. The molecule has 2 N–H and O–H groups in total. The highest BCUT2D eigenvalue weighted by atomic mass is 79.9. The molecule has 2 aromatic rings. The van der Waals surface area contributed by atoms with Crippen molar-refractivity contribution in [3.8, 4) is 11.5 Å². The Morgan fingerprint density at radius 3 is 2.52 bits per heavy atom. The molecule has 0 fully saturated rings. The van der Waals surface area contributed by atoms with Crippen LogP contribution in [0.4, 0.5) is 0 Å². The van der Waals surface area contributed by atoms with Gasteiger partial charge in [0.25, 0.3) is 0 Å². The van der Waals surface area contributed by atoms with E-state index in [0.717, 1.165) is 15.6 Å². The van der Waals surface area contributed by atoms with Crippen LogP contribution in [0.5, 0.6) is 11.5 Å². The number of aliphatic carboxylic acids is 1. The minimum atomic E-state index is -0.899. The first-order valence-corrected chi connectivity index (χ1v) is 8.91. The van der Waals surface area contributed by atoms with Gasteiger partial charge >= 0.3 is 5.97 Å². The van der Waals surface area contributed by atoms with Crippen LogP contribution in [-0.2, 0) is 17.9 Å². The zero-order valence-corrected chi connectivity index (χ0v) is 16.1. The Morgan fingerprint density at radius 2 is 1.88 bits per heavy atom. The zero-order valence-electron chi connectivity index (χ0n) is 13.7. The summed E-state index contributed by atoms with van der Waals surface area (Å²) < 4.78 is 12.4. The van der Waals surface area contributed by atoms with Gasteiger partial charge in [-0.05, 0) is 42.3 Å². The number of carboxylic acids is 1. The zero-order chi connectivity index (χ0) is 18.2. The summed E-state index contributed by atoms with van der Waals surface area (Å²) in [5, 5.41) is 12.2. The number of benzene rings is 2. The SMILES string of the molecule is CCOc1cc(CNCC(=O)O)c(Br)cc1OCc1ccc(Cl)cc1. The van der Waals surface area contributed by atoms with Gasteiger partial charge in [-0.25, -0.2) is 0 Å². The minimum Gasteiger partial charge on any atom is -0.490 e. The first-order chi connectivity index (χ1) is 12.0. The van der Waals surface area contributed by atoms with Crippen molar-refractivity contribution >= 4 is 33.5 Å². The Hall–Kier alpha value is -1.76. The van der Waals surface area contributed by atoms with E-state index in [1.165, 1.54) is 0 Å². The maximum Gasteiger partial charge on any atom is 0.317 e. The predicted molar refractivity (Wildman–Crippen MR) is 100 cm³/mol. The maximum absolute atomic E-state index is 10.6. The number of halogens is 2. The van der Waals surface area contributed by atoms with Crippen LogP contribution in [0.1, 0.15) is 18.1 Å². The standard InChI is InChI=1S/C18H19BrClNO4/c1-2-24-16-7-13(9-21-10-18(22)23)15(19)8-17(16)25-11-12-3-5-14(20)6-4-12/h3-8,21H,2,9-11H2,1H3,(H,22,23). The van der Waals surface area contributed by atoms with E-state index in [1.807, 2.05) is 43.3 Å². The van der Waals surface area contributed by atoms with Crippen molar-refractivity contribution in [2.24, 2.45) is 0 Å². The van der Waals surface area contributed by atoms with Gasteiger partial charge < -0.3 is 19.9 Å². The maximum atomic E-state index is 10.6. The van der Waals surface area contributed by atoms with Crippen LogP contribution >= 0.6 is 27.5 Å². The molecule has 0 heterocycles. The fraction of sp³-hybridized carbons (Fsp3) is 0.278. The molecular weight excluding hydrogens is 410 g/mol. The molecular formula is C18H19BrClNO4. The Morgan fingerprint density at radius 1 is 1.20 bits per heavy atom. The molecule has 7 heteroatoms. The molecule has 0 spiro atoms. The first kappa shape index (κ1) is 19.6. The van der Waals surface area contributed by atoms with Crippen molar-refractivity contribution in [1.82, 2.24) is 5.32 Å². The summed E-state index contributed by atoms with van der Waals surface area (Å²) >= 11 is 9.38. The van der Waals surface area contributed by atoms with Crippen molar-refractivity contribution in [2.45, 2.75) is 20.1 Å². The minimum absolute atomic E-state index is 0.106. The Bertz CT molecular complexity index is 722. The first-order valence-electron chi connectivity index (χ1n) is 7.74. The number of rotatable bonds is 9. The lowest BCUT2D eigenvalue weighted by Crippen LogP contribution is -2.22. The van der Waals surface area contributed by atoms with E-state index in [0.29, 0.717) is 36.3 Å². The molecule has 0 radical (unpaired) electrons. The molecule has 0 saturated carbocycles. The second kappa shape index (κ2) is 9.65. The molecule has 5 nitrogen and oxygen atoms in total. The average molecular weight is 429 g/mol. The number of carbonyl (C=O) groups is 1. The summed E-state index contributed by atoms with van der Waals surface area (Å²) in [6, 6.07) is 11.1. The molecule has 0 aliphatic heterocycles. The number of ether oxygens (including phenoxy) is 2. The lowest BCUT2D eigenvalue weighted by Gasteiger charge is -2.15. The molecule has 2 aromatic carbocycles. The Labute approximate surface area is 160 Å². The fourth-order valence-electron chi connectivity index (χ4n) is 2.14. The number of nitrogens with one attached hydrogen (secondary N) is 1. The summed E-state index contributed by atoms with van der Waals surface area (Å²) in [6.45, 7) is 3.09. The lowest BCUT2D eigenvalue weighted by atomic mass is 10.2. The van der Waals surface area contributed by atoms with Crippen LogP contribution in [0.3, 0.4) is 0 Å². The molecule has 2 rings (SSSR count). The van der Waals surface area contributed by atoms with Gasteiger partial charge in [0, 0.05) is 16.0 Å². The molecule has 0 bridgehead atoms. The third-order valence-corrected chi connectivity index (χ3v) is 4.30. The van der Waals surface area contributed by atoms with E-state index in [9.17, 15) is 4.79 Å². The largest absolute Gasteiger partial charge is 0.490 e. The van der Waals surface area contributed by atoms with Crippen molar-refractivity contribution in [2.75, 3.05) is 13.2 Å². The molecule has 25 heavy (non-hydrogen) atoms. The van der Waals surface area contributed by atoms with Gasteiger partial charge in [0.15, 0.2) is 11.5 Å². The second-order valence-electron chi connectivity index (χ2n) is 5.24. The number of hydrogen-bond donors (Lipinski definition) is 2. The van der Waals surface area contributed by atoms with E-state index in [1.54, 1.807) is 0 Å². The molecule has 0 aliphatic rings. The molecule has 0 aromatic heterocycles.